The van der Waals surface area contributed by atoms with Crippen LogP contribution in [0.1, 0.15) is 33.6 Å². The van der Waals surface area contributed by atoms with Crippen molar-refractivity contribution in [2.24, 2.45) is 0 Å². The second-order valence-electron chi connectivity index (χ2n) is 5.28. The fraction of sp³-hybridized carbons (Fsp3) is 0.444. The first kappa shape index (κ1) is 16.3. The molecule has 0 saturated carbocycles. The van der Waals surface area contributed by atoms with Gasteiger partial charge in [-0.15, -0.1) is 0 Å². The summed E-state index contributed by atoms with van der Waals surface area (Å²) in [6.45, 7) is 9.43. The van der Waals surface area contributed by atoms with Gasteiger partial charge in [0.15, 0.2) is 0 Å². The Balaban J connectivity index is 2.29. The van der Waals surface area contributed by atoms with Gasteiger partial charge in [-0.25, -0.2) is 4.98 Å². The average molecular weight is 298 g/mol. The van der Waals surface area contributed by atoms with Crippen LogP contribution in [0.5, 0.6) is 0 Å². The fourth-order valence-corrected chi connectivity index (χ4v) is 2.57. The van der Waals surface area contributed by atoms with Crippen LogP contribution in [-0.2, 0) is 0 Å². The first-order chi connectivity index (χ1) is 10.8. The van der Waals surface area contributed by atoms with E-state index in [9.17, 15) is 0 Å². The summed E-state index contributed by atoms with van der Waals surface area (Å²) >= 11 is 0. The number of benzene rings is 1. The van der Waals surface area contributed by atoms with Crippen LogP contribution in [0.15, 0.2) is 42.6 Å². The molecule has 0 N–H and O–H groups in total. The summed E-state index contributed by atoms with van der Waals surface area (Å²) in [6.07, 6.45) is 4.10. The molecule has 1 aromatic heterocycles. The van der Waals surface area contributed by atoms with Gasteiger partial charge in [-0.3, -0.25) is 0 Å². The van der Waals surface area contributed by atoms with E-state index in [-0.39, 0.29) is 0 Å². The van der Waals surface area contributed by atoms with Crippen LogP contribution in [0.2, 0.25) is 0 Å². The maximum atomic E-state index is 4.80. The lowest BCUT2D eigenvalue weighted by atomic mass is 10.3. The van der Waals surface area contributed by atoms with Gasteiger partial charge < -0.3 is 9.80 Å². The Morgan fingerprint density at radius 2 is 1.59 bits per heavy atom. The molecule has 0 aliphatic rings. The molecule has 0 fully saturated rings. The summed E-state index contributed by atoms with van der Waals surface area (Å²) in [5, 5.41) is 0. The molecule has 0 atom stereocenters. The molecular weight excluding hydrogens is 272 g/mol. The lowest BCUT2D eigenvalue weighted by molar-refractivity contribution is 0.731. The largest absolute Gasteiger partial charge is 0.356 e. The highest BCUT2D eigenvalue weighted by atomic mass is 15.3. The number of nitrogens with zero attached hydrogens (tertiary/aromatic N) is 4. The van der Waals surface area contributed by atoms with Crippen molar-refractivity contribution >= 4 is 17.5 Å². The minimum atomic E-state index is 0.767. The smallest absolute Gasteiger partial charge is 0.231 e. The average Bonchev–Trinajstić information content (AvgIpc) is 2.57. The lowest BCUT2D eigenvalue weighted by Crippen LogP contribution is -2.27. The number of rotatable bonds is 8. The second-order valence-corrected chi connectivity index (χ2v) is 5.28. The Kier molecular flexibility index (Phi) is 6.19. The van der Waals surface area contributed by atoms with E-state index < -0.39 is 0 Å². The van der Waals surface area contributed by atoms with Gasteiger partial charge in [0.25, 0.3) is 0 Å². The van der Waals surface area contributed by atoms with Crippen molar-refractivity contribution in [2.45, 2.75) is 33.6 Å². The predicted octanol–water partition coefficient (Wildman–Crippen LogP) is 4.26. The molecule has 118 valence electrons. The molecular formula is C18H26N4. The van der Waals surface area contributed by atoms with Crippen LogP contribution in [0.4, 0.5) is 17.5 Å². The molecule has 0 radical (unpaired) electrons. The topological polar surface area (TPSA) is 32.3 Å². The Labute approximate surface area is 133 Å². The zero-order chi connectivity index (χ0) is 15.8. The van der Waals surface area contributed by atoms with Crippen LogP contribution < -0.4 is 9.80 Å². The molecule has 0 amide bonds. The molecule has 0 spiro atoms. The van der Waals surface area contributed by atoms with E-state index in [1.807, 2.05) is 30.5 Å². The van der Waals surface area contributed by atoms with Crippen molar-refractivity contribution < 1.29 is 0 Å². The molecule has 1 heterocycles. The Morgan fingerprint density at radius 3 is 2.18 bits per heavy atom. The fourth-order valence-electron chi connectivity index (χ4n) is 2.57. The van der Waals surface area contributed by atoms with Crippen molar-refractivity contribution in [1.82, 2.24) is 9.97 Å². The van der Waals surface area contributed by atoms with Crippen molar-refractivity contribution in [2.75, 3.05) is 29.4 Å². The third kappa shape index (κ3) is 3.97. The summed E-state index contributed by atoms with van der Waals surface area (Å²) in [4.78, 5) is 13.8. The van der Waals surface area contributed by atoms with Gasteiger partial charge in [-0.05, 0) is 38.0 Å². The maximum absolute atomic E-state index is 4.80. The summed E-state index contributed by atoms with van der Waals surface area (Å²) in [5.74, 6) is 1.78. The summed E-state index contributed by atoms with van der Waals surface area (Å²) in [6, 6.07) is 12.3. The highest BCUT2D eigenvalue weighted by Crippen LogP contribution is 2.23. The van der Waals surface area contributed by atoms with Crippen LogP contribution in [0.3, 0.4) is 0 Å². The third-order valence-corrected chi connectivity index (χ3v) is 3.56. The molecule has 0 unspecified atom stereocenters. The predicted molar refractivity (Wildman–Crippen MR) is 93.9 cm³/mol. The van der Waals surface area contributed by atoms with Gasteiger partial charge in [0.2, 0.25) is 5.95 Å². The van der Waals surface area contributed by atoms with E-state index >= 15 is 0 Å². The van der Waals surface area contributed by atoms with Crippen LogP contribution in [-0.4, -0.2) is 29.6 Å². The van der Waals surface area contributed by atoms with E-state index in [2.05, 4.69) is 47.7 Å². The van der Waals surface area contributed by atoms with Gasteiger partial charge in [0.05, 0.1) is 0 Å². The SMILES string of the molecule is CCCN(CCC)c1ccnc(N(CC)c2ccccc2)n1. The minimum absolute atomic E-state index is 0.767. The molecule has 22 heavy (non-hydrogen) atoms. The summed E-state index contributed by atoms with van der Waals surface area (Å²) in [5.41, 5.74) is 1.12. The van der Waals surface area contributed by atoms with Crippen molar-refractivity contribution in [3.63, 3.8) is 0 Å². The standard InChI is InChI=1S/C18H26N4/c1-4-14-21(15-5-2)17-12-13-19-18(20-17)22(6-3)16-10-8-7-9-11-16/h7-13H,4-6,14-15H2,1-3H3. The minimum Gasteiger partial charge on any atom is -0.356 e. The summed E-state index contributed by atoms with van der Waals surface area (Å²) in [7, 11) is 0. The van der Waals surface area contributed by atoms with E-state index in [1.54, 1.807) is 0 Å². The summed E-state index contributed by atoms with van der Waals surface area (Å²) < 4.78 is 0. The normalized spacial score (nSPS) is 10.5. The molecule has 0 aliphatic carbocycles. The molecule has 0 bridgehead atoms. The number of para-hydroxylation sites is 1. The van der Waals surface area contributed by atoms with Crippen LogP contribution in [0, 0.1) is 0 Å². The van der Waals surface area contributed by atoms with Gasteiger partial charge in [-0.1, -0.05) is 32.0 Å². The number of hydrogen-bond donors (Lipinski definition) is 0. The Morgan fingerprint density at radius 1 is 0.909 bits per heavy atom. The molecule has 1 aromatic carbocycles. The molecule has 0 aliphatic heterocycles. The Hall–Kier alpha value is -2.10. The van der Waals surface area contributed by atoms with Gasteiger partial charge in [-0.2, -0.15) is 4.98 Å². The molecule has 0 saturated heterocycles. The van der Waals surface area contributed by atoms with Gasteiger partial charge in [0.1, 0.15) is 5.82 Å². The van der Waals surface area contributed by atoms with Gasteiger partial charge in [0, 0.05) is 31.5 Å². The number of anilines is 3. The highest BCUT2D eigenvalue weighted by Gasteiger charge is 2.13. The van der Waals surface area contributed by atoms with E-state index in [0.717, 1.165) is 49.9 Å². The van der Waals surface area contributed by atoms with Crippen molar-refractivity contribution in [3.05, 3.63) is 42.6 Å². The lowest BCUT2D eigenvalue weighted by Gasteiger charge is -2.25. The maximum Gasteiger partial charge on any atom is 0.231 e. The zero-order valence-corrected chi connectivity index (χ0v) is 13.9. The molecule has 2 rings (SSSR count). The first-order valence-corrected chi connectivity index (χ1v) is 8.20. The van der Waals surface area contributed by atoms with E-state index in [0.29, 0.717) is 0 Å². The number of aromatic nitrogens is 2. The quantitative estimate of drug-likeness (QED) is 0.729. The first-order valence-electron chi connectivity index (χ1n) is 8.20. The molecule has 2 aromatic rings. The molecule has 4 heteroatoms. The van der Waals surface area contributed by atoms with Crippen LogP contribution >= 0.6 is 0 Å². The van der Waals surface area contributed by atoms with E-state index in [4.69, 9.17) is 4.98 Å². The van der Waals surface area contributed by atoms with Gasteiger partial charge >= 0.3 is 0 Å². The highest BCUT2D eigenvalue weighted by molar-refractivity contribution is 5.58. The zero-order valence-electron chi connectivity index (χ0n) is 13.9. The third-order valence-electron chi connectivity index (χ3n) is 3.56. The molecule has 4 nitrogen and oxygen atoms in total. The van der Waals surface area contributed by atoms with Crippen molar-refractivity contribution in [3.8, 4) is 0 Å². The van der Waals surface area contributed by atoms with E-state index in [1.165, 1.54) is 0 Å². The van der Waals surface area contributed by atoms with Crippen molar-refractivity contribution in [1.29, 1.82) is 0 Å². The number of hydrogen-bond acceptors (Lipinski definition) is 4. The Bertz CT molecular complexity index is 550. The van der Waals surface area contributed by atoms with Crippen LogP contribution in [0.25, 0.3) is 0 Å². The second kappa shape index (κ2) is 8.37. The monoisotopic (exact) mass is 298 g/mol.